The number of carbonyl (C=O) groups is 1. The number of aromatic hydroxyl groups is 1. The molecule has 4 nitrogen and oxygen atoms in total. The summed E-state index contributed by atoms with van der Waals surface area (Å²) in [5, 5.41) is 12.7. The molecule has 0 saturated carbocycles. The minimum atomic E-state index is -0.0175. The van der Waals surface area contributed by atoms with E-state index in [0.29, 0.717) is 17.9 Å². The third-order valence-corrected chi connectivity index (χ3v) is 3.25. The van der Waals surface area contributed by atoms with E-state index in [1.54, 1.807) is 24.3 Å². The largest absolute Gasteiger partial charge is 0.508 e. The highest BCUT2D eigenvalue weighted by Gasteiger charge is 2.19. The average molecular weight is 269 g/mol. The van der Waals surface area contributed by atoms with Gasteiger partial charge < -0.3 is 15.2 Å². The predicted molar refractivity (Wildman–Crippen MR) is 76.6 cm³/mol. The first-order valence-corrected chi connectivity index (χ1v) is 6.55. The molecule has 2 aromatic carbocycles. The standard InChI is InChI=1S/C16H15NO3/c18-12-4-1-3-11(9-12)10-15(19)13-5-2-6-14-16(13)20-8-7-17-14/h1-6,9,17-18H,7-8,10H2. The molecule has 0 bridgehead atoms. The lowest BCUT2D eigenvalue weighted by Gasteiger charge is -2.21. The van der Waals surface area contributed by atoms with E-state index in [1.807, 2.05) is 18.2 Å². The molecule has 0 amide bonds. The van der Waals surface area contributed by atoms with Gasteiger partial charge in [0.15, 0.2) is 11.5 Å². The van der Waals surface area contributed by atoms with Crippen molar-refractivity contribution < 1.29 is 14.6 Å². The van der Waals surface area contributed by atoms with Crippen molar-refractivity contribution in [3.8, 4) is 11.5 Å². The molecule has 20 heavy (non-hydrogen) atoms. The van der Waals surface area contributed by atoms with Crippen LogP contribution in [0.3, 0.4) is 0 Å². The minimum Gasteiger partial charge on any atom is -0.508 e. The van der Waals surface area contributed by atoms with E-state index in [0.717, 1.165) is 17.8 Å². The quantitative estimate of drug-likeness (QED) is 0.841. The van der Waals surface area contributed by atoms with Gasteiger partial charge in [-0.2, -0.15) is 0 Å². The molecule has 0 spiro atoms. The lowest BCUT2D eigenvalue weighted by Crippen LogP contribution is -2.20. The fourth-order valence-corrected chi connectivity index (χ4v) is 2.34. The van der Waals surface area contributed by atoms with E-state index in [1.165, 1.54) is 0 Å². The van der Waals surface area contributed by atoms with Gasteiger partial charge in [0, 0.05) is 13.0 Å². The first-order valence-electron chi connectivity index (χ1n) is 6.55. The molecule has 3 rings (SSSR count). The maximum atomic E-state index is 12.4. The van der Waals surface area contributed by atoms with Crippen LogP contribution in [-0.4, -0.2) is 24.0 Å². The summed E-state index contributed by atoms with van der Waals surface area (Å²) in [5.74, 6) is 0.781. The zero-order valence-corrected chi connectivity index (χ0v) is 10.9. The van der Waals surface area contributed by atoms with Crippen LogP contribution in [0.4, 0.5) is 5.69 Å². The molecule has 0 aromatic heterocycles. The molecule has 1 aliphatic heterocycles. The number of ether oxygens (including phenoxy) is 1. The molecule has 0 atom stereocenters. The van der Waals surface area contributed by atoms with Gasteiger partial charge in [0.1, 0.15) is 12.4 Å². The Hall–Kier alpha value is -2.49. The molecule has 2 aromatic rings. The van der Waals surface area contributed by atoms with Crippen LogP contribution >= 0.6 is 0 Å². The number of hydrogen-bond acceptors (Lipinski definition) is 4. The fourth-order valence-electron chi connectivity index (χ4n) is 2.34. The molecule has 0 saturated heterocycles. The molecular weight excluding hydrogens is 254 g/mol. The average Bonchev–Trinajstić information content (AvgIpc) is 2.46. The number of Topliss-reactive ketones (excluding diaryl/α,β-unsaturated/α-hetero) is 1. The number of fused-ring (bicyclic) bond motifs is 1. The number of nitrogens with one attached hydrogen (secondary N) is 1. The van der Waals surface area contributed by atoms with E-state index in [2.05, 4.69) is 5.32 Å². The number of phenolic OH excluding ortho intramolecular Hbond substituents is 1. The highest BCUT2D eigenvalue weighted by atomic mass is 16.5. The molecule has 102 valence electrons. The summed E-state index contributed by atoms with van der Waals surface area (Å²) in [7, 11) is 0. The van der Waals surface area contributed by atoms with Gasteiger partial charge in [0.05, 0.1) is 11.3 Å². The van der Waals surface area contributed by atoms with E-state index < -0.39 is 0 Å². The summed E-state index contributed by atoms with van der Waals surface area (Å²) in [5.41, 5.74) is 2.23. The van der Waals surface area contributed by atoms with Gasteiger partial charge >= 0.3 is 0 Å². The zero-order chi connectivity index (χ0) is 13.9. The Bertz CT molecular complexity index is 652. The third-order valence-electron chi connectivity index (χ3n) is 3.25. The molecule has 0 unspecified atom stereocenters. The van der Waals surface area contributed by atoms with Crippen molar-refractivity contribution in [2.45, 2.75) is 6.42 Å². The number of phenols is 1. The van der Waals surface area contributed by atoms with Crippen molar-refractivity contribution in [2.24, 2.45) is 0 Å². The van der Waals surface area contributed by atoms with Crippen LogP contribution in [0.1, 0.15) is 15.9 Å². The fraction of sp³-hybridized carbons (Fsp3) is 0.188. The van der Waals surface area contributed by atoms with Gasteiger partial charge in [-0.3, -0.25) is 4.79 Å². The van der Waals surface area contributed by atoms with Crippen molar-refractivity contribution in [2.75, 3.05) is 18.5 Å². The second-order valence-corrected chi connectivity index (χ2v) is 4.73. The first-order chi connectivity index (χ1) is 9.74. The van der Waals surface area contributed by atoms with Gasteiger partial charge in [-0.25, -0.2) is 0 Å². The van der Waals surface area contributed by atoms with Crippen molar-refractivity contribution >= 4 is 11.5 Å². The summed E-state index contributed by atoms with van der Waals surface area (Å²) >= 11 is 0. The predicted octanol–water partition coefficient (Wildman–Crippen LogP) is 2.62. The van der Waals surface area contributed by atoms with E-state index in [-0.39, 0.29) is 18.0 Å². The monoisotopic (exact) mass is 269 g/mol. The molecule has 0 fully saturated rings. The number of benzene rings is 2. The van der Waals surface area contributed by atoms with Crippen molar-refractivity contribution in [3.05, 3.63) is 53.6 Å². The number of anilines is 1. The molecule has 0 aliphatic carbocycles. The van der Waals surface area contributed by atoms with Crippen LogP contribution < -0.4 is 10.1 Å². The maximum absolute atomic E-state index is 12.4. The van der Waals surface area contributed by atoms with Gasteiger partial charge in [0.2, 0.25) is 0 Å². The summed E-state index contributed by atoms with van der Waals surface area (Å²) in [6, 6.07) is 12.3. The second-order valence-electron chi connectivity index (χ2n) is 4.73. The van der Waals surface area contributed by atoms with E-state index in [4.69, 9.17) is 4.74 Å². The highest BCUT2D eigenvalue weighted by Crippen LogP contribution is 2.32. The highest BCUT2D eigenvalue weighted by molar-refractivity contribution is 6.01. The van der Waals surface area contributed by atoms with Crippen LogP contribution in [0.5, 0.6) is 11.5 Å². The van der Waals surface area contributed by atoms with Crippen molar-refractivity contribution in [3.63, 3.8) is 0 Å². The Kier molecular flexibility index (Phi) is 3.29. The SMILES string of the molecule is O=C(Cc1cccc(O)c1)c1cccc2c1OCCN2. The molecule has 4 heteroatoms. The Labute approximate surface area is 117 Å². The van der Waals surface area contributed by atoms with Crippen molar-refractivity contribution in [1.29, 1.82) is 0 Å². The Morgan fingerprint density at radius 3 is 2.95 bits per heavy atom. The lowest BCUT2D eigenvalue weighted by molar-refractivity contribution is 0.0989. The maximum Gasteiger partial charge on any atom is 0.171 e. The first kappa shape index (κ1) is 12.5. The lowest BCUT2D eigenvalue weighted by atomic mass is 10.0. The molecule has 1 aliphatic rings. The smallest absolute Gasteiger partial charge is 0.171 e. The van der Waals surface area contributed by atoms with Crippen LogP contribution in [0, 0.1) is 0 Å². The van der Waals surface area contributed by atoms with Gasteiger partial charge in [-0.15, -0.1) is 0 Å². The number of rotatable bonds is 3. The Morgan fingerprint density at radius 1 is 1.25 bits per heavy atom. The summed E-state index contributed by atoms with van der Waals surface area (Å²) in [4.78, 5) is 12.4. The number of hydrogen-bond donors (Lipinski definition) is 2. The third kappa shape index (κ3) is 2.45. The summed E-state index contributed by atoms with van der Waals surface area (Å²) < 4.78 is 5.60. The Morgan fingerprint density at radius 2 is 2.10 bits per heavy atom. The summed E-state index contributed by atoms with van der Waals surface area (Å²) in [6.45, 7) is 1.31. The molecule has 2 N–H and O–H groups in total. The van der Waals surface area contributed by atoms with Crippen LogP contribution in [0.25, 0.3) is 0 Å². The number of ketones is 1. The molecular formula is C16H15NO3. The van der Waals surface area contributed by atoms with Gasteiger partial charge in [0.25, 0.3) is 0 Å². The second kappa shape index (κ2) is 5.25. The molecule has 0 radical (unpaired) electrons. The number of para-hydroxylation sites is 1. The topological polar surface area (TPSA) is 58.6 Å². The summed E-state index contributed by atoms with van der Waals surface area (Å²) in [6.07, 6.45) is 0.244. The van der Waals surface area contributed by atoms with Crippen LogP contribution in [0.15, 0.2) is 42.5 Å². The van der Waals surface area contributed by atoms with Gasteiger partial charge in [-0.05, 0) is 29.8 Å². The normalized spacial score (nSPS) is 13.0. The van der Waals surface area contributed by atoms with Crippen molar-refractivity contribution in [1.82, 2.24) is 0 Å². The number of carbonyl (C=O) groups excluding carboxylic acids is 1. The van der Waals surface area contributed by atoms with Gasteiger partial charge in [-0.1, -0.05) is 18.2 Å². The van der Waals surface area contributed by atoms with E-state index in [9.17, 15) is 9.90 Å². The van der Waals surface area contributed by atoms with Crippen LogP contribution in [-0.2, 0) is 6.42 Å². The van der Waals surface area contributed by atoms with E-state index >= 15 is 0 Å². The zero-order valence-electron chi connectivity index (χ0n) is 10.9. The Balaban J connectivity index is 1.88. The minimum absolute atomic E-state index is 0.0175. The van der Waals surface area contributed by atoms with Crippen LogP contribution in [0.2, 0.25) is 0 Å². The molecule has 1 heterocycles.